The first-order valence-corrected chi connectivity index (χ1v) is 14.8. The number of nitrogens with one attached hydrogen (secondary N) is 1. The maximum atomic E-state index is 12.9. The summed E-state index contributed by atoms with van der Waals surface area (Å²) in [5.74, 6) is 0.950. The second-order valence-electron chi connectivity index (χ2n) is 10.8. The van der Waals surface area contributed by atoms with Gasteiger partial charge in [-0.05, 0) is 68.4 Å². The highest BCUT2D eigenvalue weighted by atomic mass is 32.1. The van der Waals surface area contributed by atoms with Crippen LogP contribution in [0.2, 0.25) is 0 Å². The fourth-order valence-electron chi connectivity index (χ4n) is 5.33. The molecular formula is C31H38N4O3S. The Morgan fingerprint density at radius 3 is 2.44 bits per heavy atom. The molecule has 2 amide bonds. The first kappa shape index (κ1) is 27.3. The predicted octanol–water partition coefficient (Wildman–Crippen LogP) is 4.94. The van der Waals surface area contributed by atoms with E-state index < -0.39 is 0 Å². The lowest BCUT2D eigenvalue weighted by Crippen LogP contribution is -2.44. The van der Waals surface area contributed by atoms with Crippen molar-refractivity contribution >= 4 is 23.2 Å². The normalized spacial score (nSPS) is 17.2. The van der Waals surface area contributed by atoms with Crippen molar-refractivity contribution in [1.29, 1.82) is 0 Å². The SMILES string of the molecule is Cc1ccc(OCC(=O)N2CCC(c3nc(C(=O)NC4CCN(Cc5ccccc5)CC4)cs3)CC2)cc1C. The zero-order valence-electron chi connectivity index (χ0n) is 22.9. The Morgan fingerprint density at radius 2 is 1.72 bits per heavy atom. The van der Waals surface area contributed by atoms with Gasteiger partial charge in [0.2, 0.25) is 0 Å². The number of thiazole rings is 1. The van der Waals surface area contributed by atoms with E-state index in [9.17, 15) is 9.59 Å². The molecule has 2 fully saturated rings. The van der Waals surface area contributed by atoms with Crippen LogP contribution in [-0.2, 0) is 11.3 Å². The van der Waals surface area contributed by atoms with Gasteiger partial charge < -0.3 is 15.0 Å². The summed E-state index contributed by atoms with van der Waals surface area (Å²) in [7, 11) is 0. The van der Waals surface area contributed by atoms with E-state index in [4.69, 9.17) is 9.72 Å². The molecule has 206 valence electrons. The van der Waals surface area contributed by atoms with Gasteiger partial charge in [-0.15, -0.1) is 11.3 Å². The fourth-order valence-corrected chi connectivity index (χ4v) is 6.30. The highest BCUT2D eigenvalue weighted by molar-refractivity contribution is 7.09. The Kier molecular flexibility index (Phi) is 8.94. The van der Waals surface area contributed by atoms with E-state index in [-0.39, 0.29) is 30.4 Å². The molecule has 1 aromatic heterocycles. The maximum absolute atomic E-state index is 12.9. The van der Waals surface area contributed by atoms with Gasteiger partial charge >= 0.3 is 0 Å². The third-order valence-corrected chi connectivity index (χ3v) is 8.97. The number of amides is 2. The zero-order chi connectivity index (χ0) is 27.2. The lowest BCUT2D eigenvalue weighted by Gasteiger charge is -2.32. The van der Waals surface area contributed by atoms with Crippen molar-refractivity contribution in [1.82, 2.24) is 20.1 Å². The molecule has 0 atom stereocenters. The minimum atomic E-state index is -0.0740. The van der Waals surface area contributed by atoms with E-state index in [1.54, 1.807) is 11.3 Å². The molecule has 0 bridgehead atoms. The van der Waals surface area contributed by atoms with Crippen molar-refractivity contribution in [2.45, 2.75) is 58.0 Å². The molecule has 2 saturated heterocycles. The number of benzene rings is 2. The Bertz CT molecular complexity index is 1260. The van der Waals surface area contributed by atoms with Crippen molar-refractivity contribution in [3.05, 3.63) is 81.3 Å². The molecule has 0 saturated carbocycles. The number of piperidine rings is 2. The molecule has 8 heteroatoms. The van der Waals surface area contributed by atoms with Gasteiger partial charge in [0.1, 0.15) is 11.4 Å². The molecule has 7 nitrogen and oxygen atoms in total. The smallest absolute Gasteiger partial charge is 0.270 e. The largest absolute Gasteiger partial charge is 0.484 e. The first-order valence-electron chi connectivity index (χ1n) is 13.9. The molecule has 0 unspecified atom stereocenters. The molecule has 2 aliphatic rings. The highest BCUT2D eigenvalue weighted by Gasteiger charge is 2.27. The molecule has 2 aliphatic heterocycles. The van der Waals surface area contributed by atoms with Crippen molar-refractivity contribution in [3.63, 3.8) is 0 Å². The second-order valence-corrected chi connectivity index (χ2v) is 11.7. The van der Waals surface area contributed by atoms with E-state index in [0.29, 0.717) is 18.8 Å². The number of hydrogen-bond acceptors (Lipinski definition) is 6. The molecule has 3 aromatic rings. The second kappa shape index (κ2) is 12.7. The number of aromatic nitrogens is 1. The summed E-state index contributed by atoms with van der Waals surface area (Å²) >= 11 is 1.56. The molecule has 0 aliphatic carbocycles. The summed E-state index contributed by atoms with van der Waals surface area (Å²) in [5.41, 5.74) is 4.21. The highest BCUT2D eigenvalue weighted by Crippen LogP contribution is 2.30. The zero-order valence-corrected chi connectivity index (χ0v) is 23.7. The third-order valence-electron chi connectivity index (χ3n) is 7.96. The van der Waals surface area contributed by atoms with Crippen LogP contribution in [0.4, 0.5) is 0 Å². The van der Waals surface area contributed by atoms with Crippen molar-refractivity contribution < 1.29 is 14.3 Å². The minimum absolute atomic E-state index is 0.0145. The van der Waals surface area contributed by atoms with Crippen LogP contribution in [0.3, 0.4) is 0 Å². The van der Waals surface area contributed by atoms with E-state index >= 15 is 0 Å². The number of carbonyl (C=O) groups is 2. The Balaban J connectivity index is 1.04. The monoisotopic (exact) mass is 546 g/mol. The molecule has 0 spiro atoms. The van der Waals surface area contributed by atoms with Crippen LogP contribution < -0.4 is 10.1 Å². The van der Waals surface area contributed by atoms with Crippen LogP contribution >= 0.6 is 11.3 Å². The average Bonchev–Trinajstić information content (AvgIpc) is 3.46. The summed E-state index contributed by atoms with van der Waals surface area (Å²) in [6.45, 7) is 8.44. The maximum Gasteiger partial charge on any atom is 0.270 e. The standard InChI is InChI=1S/C31H38N4O3S/c1-22-8-9-27(18-23(22)2)38-20-29(36)35-16-10-25(11-17-35)31-33-28(21-39-31)30(37)32-26-12-14-34(15-13-26)19-24-6-4-3-5-7-24/h3-9,18,21,25-26H,10-17,19-20H2,1-2H3,(H,32,37). The van der Waals surface area contributed by atoms with E-state index in [0.717, 1.165) is 61.6 Å². The van der Waals surface area contributed by atoms with E-state index in [2.05, 4.69) is 41.4 Å². The van der Waals surface area contributed by atoms with E-state index in [1.807, 2.05) is 41.5 Å². The number of hydrogen-bond donors (Lipinski definition) is 1. The molecule has 5 rings (SSSR count). The lowest BCUT2D eigenvalue weighted by atomic mass is 9.97. The Morgan fingerprint density at radius 1 is 0.974 bits per heavy atom. The summed E-state index contributed by atoms with van der Waals surface area (Å²) in [5, 5.41) is 6.08. The van der Waals surface area contributed by atoms with Crippen LogP contribution in [0.1, 0.15) is 63.8 Å². The topological polar surface area (TPSA) is 74.8 Å². The average molecular weight is 547 g/mol. The molecule has 39 heavy (non-hydrogen) atoms. The van der Waals surface area contributed by atoms with Crippen LogP contribution in [0, 0.1) is 13.8 Å². The fraction of sp³-hybridized carbons (Fsp3) is 0.452. The van der Waals surface area contributed by atoms with Gasteiger partial charge in [0.25, 0.3) is 11.8 Å². The number of ether oxygens (including phenoxy) is 1. The first-order chi connectivity index (χ1) is 18.9. The summed E-state index contributed by atoms with van der Waals surface area (Å²) in [4.78, 5) is 34.6. The van der Waals surface area contributed by atoms with Gasteiger partial charge in [-0.2, -0.15) is 0 Å². The van der Waals surface area contributed by atoms with E-state index in [1.165, 1.54) is 11.1 Å². The van der Waals surface area contributed by atoms with Gasteiger partial charge in [-0.25, -0.2) is 4.98 Å². The molecule has 0 radical (unpaired) electrons. The lowest BCUT2D eigenvalue weighted by molar-refractivity contribution is -0.134. The summed E-state index contributed by atoms with van der Waals surface area (Å²) in [6, 6.07) is 16.6. The van der Waals surface area contributed by atoms with Crippen molar-refractivity contribution in [3.8, 4) is 5.75 Å². The van der Waals surface area contributed by atoms with Crippen LogP contribution in [0.5, 0.6) is 5.75 Å². The van der Waals surface area contributed by atoms with Crippen LogP contribution in [0.25, 0.3) is 0 Å². The minimum Gasteiger partial charge on any atom is -0.484 e. The van der Waals surface area contributed by atoms with Gasteiger partial charge in [0.15, 0.2) is 6.61 Å². The summed E-state index contributed by atoms with van der Waals surface area (Å²) < 4.78 is 5.74. The summed E-state index contributed by atoms with van der Waals surface area (Å²) in [6.07, 6.45) is 3.61. The quantitative estimate of drug-likeness (QED) is 0.433. The van der Waals surface area contributed by atoms with Crippen molar-refractivity contribution in [2.75, 3.05) is 32.8 Å². The van der Waals surface area contributed by atoms with Gasteiger partial charge in [0.05, 0.1) is 5.01 Å². The van der Waals surface area contributed by atoms with Crippen molar-refractivity contribution in [2.24, 2.45) is 0 Å². The number of carbonyl (C=O) groups excluding carboxylic acids is 2. The number of rotatable bonds is 8. The molecule has 2 aromatic carbocycles. The number of likely N-dealkylation sites (tertiary alicyclic amines) is 2. The number of nitrogens with zero attached hydrogens (tertiary/aromatic N) is 3. The molecule has 3 heterocycles. The van der Waals surface area contributed by atoms with Gasteiger partial charge in [-0.3, -0.25) is 14.5 Å². The Hall–Kier alpha value is -3.23. The molecule has 1 N–H and O–H groups in total. The third kappa shape index (κ3) is 7.25. The van der Waals surface area contributed by atoms with Crippen LogP contribution in [0.15, 0.2) is 53.9 Å². The van der Waals surface area contributed by atoms with Crippen LogP contribution in [-0.4, -0.2) is 65.4 Å². The Labute approximate surface area is 235 Å². The molecular weight excluding hydrogens is 508 g/mol. The van der Waals surface area contributed by atoms with Gasteiger partial charge in [-0.1, -0.05) is 36.4 Å². The predicted molar refractivity (Wildman–Crippen MR) is 154 cm³/mol. The van der Waals surface area contributed by atoms with Gasteiger partial charge in [0, 0.05) is 50.1 Å². The number of aryl methyl sites for hydroxylation is 2.